The fraction of sp³-hybridized carbons (Fsp3) is 0. The summed E-state index contributed by atoms with van der Waals surface area (Å²) in [5.41, 5.74) is 0. The molecule has 8 heavy (non-hydrogen) atoms. The van der Waals surface area contributed by atoms with E-state index in [9.17, 15) is 0 Å². The molecule has 0 saturated heterocycles. The molecule has 0 bridgehead atoms. The Bertz CT molecular complexity index is 26.8. The van der Waals surface area contributed by atoms with Gasteiger partial charge < -0.3 is 19.2 Å². The van der Waals surface area contributed by atoms with E-state index in [1.165, 1.54) is 0 Å². The normalized spacial score (nSPS) is 7.50. The molecule has 0 aromatic carbocycles. The fourth-order valence-corrected chi connectivity index (χ4v) is 0. The van der Waals surface area contributed by atoms with E-state index in [4.69, 9.17) is 19.2 Å². The van der Waals surface area contributed by atoms with E-state index < -0.39 is 9.05 Å². The zero-order chi connectivity index (χ0) is 4.50. The molecule has 0 spiro atoms. The van der Waals surface area contributed by atoms with Crippen molar-refractivity contribution in [1.82, 2.24) is 0 Å². The molecule has 4 nitrogen and oxygen atoms in total. The summed E-state index contributed by atoms with van der Waals surface area (Å²) < 4.78 is 0. The van der Waals surface area contributed by atoms with E-state index in [2.05, 4.69) is 0 Å². The summed E-state index contributed by atoms with van der Waals surface area (Å²) in [6.07, 6.45) is 0. The van der Waals surface area contributed by atoms with Gasteiger partial charge in [0.15, 0.2) is 0 Å². The van der Waals surface area contributed by atoms with Crippen LogP contribution in [0.5, 0.6) is 0 Å². The van der Waals surface area contributed by atoms with Gasteiger partial charge in [-0.05, 0) is 0 Å². The van der Waals surface area contributed by atoms with Crippen molar-refractivity contribution in [3.63, 3.8) is 0 Å². The molecule has 0 aliphatic carbocycles. The predicted molar refractivity (Wildman–Crippen MR) is 31.9 cm³/mol. The van der Waals surface area contributed by atoms with Gasteiger partial charge in [-0.15, -0.1) is 0 Å². The Labute approximate surface area is 138 Å². The first-order valence-corrected chi connectivity index (χ1v) is 2.68. The van der Waals surface area contributed by atoms with Crippen LogP contribution >= 0.6 is 0 Å². The SMILES string of the molecule is O[Si](O)(O)O.[Ca+2].[Ca+2].[Ca+2]. The second-order valence-corrected chi connectivity index (χ2v) is 1.80. The predicted octanol–water partition coefficient (Wildman–Crippen LogP) is -3.75. The molecule has 0 saturated carbocycles. The van der Waals surface area contributed by atoms with Crippen LogP contribution in [0.3, 0.4) is 0 Å². The van der Waals surface area contributed by atoms with Gasteiger partial charge in [0.25, 0.3) is 0 Å². The van der Waals surface area contributed by atoms with Crippen LogP contribution in [0.2, 0.25) is 0 Å². The Morgan fingerprint density at radius 1 is 0.625 bits per heavy atom. The molecule has 32 valence electrons. The third kappa shape index (κ3) is 52.2. The van der Waals surface area contributed by atoms with E-state index >= 15 is 0 Å². The van der Waals surface area contributed by atoms with Crippen LogP contribution < -0.4 is 0 Å². The molecular weight excluding hydrogens is 212 g/mol. The van der Waals surface area contributed by atoms with E-state index in [1.54, 1.807) is 0 Å². The van der Waals surface area contributed by atoms with Gasteiger partial charge in [-0.2, -0.15) is 0 Å². The Balaban J connectivity index is -0.0000000267. The Kier molecular flexibility index (Phi) is 30.7. The maximum Gasteiger partial charge on any atom is 2.00 e. The summed E-state index contributed by atoms with van der Waals surface area (Å²) in [6.45, 7) is 0. The standard InChI is InChI=1S/3Ca.H4O4Si/c;;;1-5(2,3)4/h;;;1-4H/q3*+2;. The van der Waals surface area contributed by atoms with Crippen molar-refractivity contribution in [1.29, 1.82) is 0 Å². The third-order valence-corrected chi connectivity index (χ3v) is 0. The first-order valence-electron chi connectivity index (χ1n) is 0.894. The number of rotatable bonds is 0. The van der Waals surface area contributed by atoms with Gasteiger partial charge in [0, 0.05) is 0 Å². The fourth-order valence-electron chi connectivity index (χ4n) is 0. The van der Waals surface area contributed by atoms with Gasteiger partial charge in [-0.3, -0.25) is 0 Å². The summed E-state index contributed by atoms with van der Waals surface area (Å²) in [4.78, 5) is 29.3. The maximum absolute atomic E-state index is 7.33. The smallest absolute Gasteiger partial charge is 0.368 e. The minimum absolute atomic E-state index is 0. The largest absolute Gasteiger partial charge is 2.00 e. The molecular formula is H4Ca3O4Si+6. The van der Waals surface area contributed by atoms with Gasteiger partial charge in [-0.1, -0.05) is 0 Å². The summed E-state index contributed by atoms with van der Waals surface area (Å²) in [5, 5.41) is 0. The molecule has 8 heteroatoms. The number of hydrogen-bond donors (Lipinski definition) is 4. The van der Waals surface area contributed by atoms with Crippen molar-refractivity contribution in [2.45, 2.75) is 0 Å². The van der Waals surface area contributed by atoms with Crippen LogP contribution in [0.4, 0.5) is 0 Å². The van der Waals surface area contributed by atoms with E-state index in [1.807, 2.05) is 0 Å². The van der Waals surface area contributed by atoms with Crippen LogP contribution in [0.15, 0.2) is 0 Å². The zero-order valence-electron chi connectivity index (χ0n) is 4.41. The summed E-state index contributed by atoms with van der Waals surface area (Å²) in [5.74, 6) is 0. The summed E-state index contributed by atoms with van der Waals surface area (Å²) >= 11 is 0. The second-order valence-electron chi connectivity index (χ2n) is 0.600. The van der Waals surface area contributed by atoms with Gasteiger partial charge >= 0.3 is 122 Å². The Hall–Kier alpha value is 3.84. The maximum atomic E-state index is 7.33. The van der Waals surface area contributed by atoms with Gasteiger partial charge in [0.05, 0.1) is 0 Å². The summed E-state index contributed by atoms with van der Waals surface area (Å²) in [7, 11) is -4.61. The topological polar surface area (TPSA) is 80.9 Å². The molecule has 0 aliphatic heterocycles. The first kappa shape index (κ1) is 22.6. The number of hydrogen-bond acceptors (Lipinski definition) is 4. The molecule has 0 atom stereocenters. The monoisotopic (exact) mass is 216 g/mol. The van der Waals surface area contributed by atoms with Crippen molar-refractivity contribution in [3.05, 3.63) is 0 Å². The molecule has 0 radical (unpaired) electrons. The average Bonchev–Trinajstić information content (AvgIpc) is 0.722. The van der Waals surface area contributed by atoms with Crippen LogP contribution in [0.25, 0.3) is 0 Å². The van der Waals surface area contributed by atoms with Crippen molar-refractivity contribution >= 4 is 122 Å². The minimum atomic E-state index is -4.61. The van der Waals surface area contributed by atoms with Crippen molar-refractivity contribution < 1.29 is 19.2 Å². The van der Waals surface area contributed by atoms with Crippen molar-refractivity contribution in [2.24, 2.45) is 0 Å². The Morgan fingerprint density at radius 3 is 0.625 bits per heavy atom. The average molecular weight is 216 g/mol. The van der Waals surface area contributed by atoms with Crippen molar-refractivity contribution in [3.8, 4) is 0 Å². The van der Waals surface area contributed by atoms with E-state index in [0.717, 1.165) is 0 Å². The van der Waals surface area contributed by atoms with Crippen LogP contribution in [0, 0.1) is 0 Å². The van der Waals surface area contributed by atoms with Crippen molar-refractivity contribution in [2.75, 3.05) is 0 Å². The second kappa shape index (κ2) is 10.8. The molecule has 0 heterocycles. The third-order valence-electron chi connectivity index (χ3n) is 0. The van der Waals surface area contributed by atoms with Gasteiger partial charge in [0.2, 0.25) is 0 Å². The van der Waals surface area contributed by atoms with Crippen LogP contribution in [-0.4, -0.2) is 141 Å². The molecule has 4 N–H and O–H groups in total. The van der Waals surface area contributed by atoms with Gasteiger partial charge in [0.1, 0.15) is 0 Å². The van der Waals surface area contributed by atoms with Gasteiger partial charge in [-0.25, -0.2) is 0 Å². The Morgan fingerprint density at radius 2 is 0.625 bits per heavy atom. The molecule has 0 aliphatic rings. The molecule has 0 amide bonds. The van der Waals surface area contributed by atoms with E-state index in [-0.39, 0.29) is 113 Å². The zero-order valence-corrected chi connectivity index (χ0v) is 12.0. The first-order chi connectivity index (χ1) is 2.00. The van der Waals surface area contributed by atoms with E-state index in [0.29, 0.717) is 0 Å². The van der Waals surface area contributed by atoms with Crippen LogP contribution in [0.1, 0.15) is 0 Å². The molecule has 0 aromatic rings. The molecule has 0 unspecified atom stereocenters. The molecule has 0 rings (SSSR count). The molecule has 0 fully saturated rings. The van der Waals surface area contributed by atoms with Crippen LogP contribution in [-0.2, 0) is 0 Å². The molecule has 0 aromatic heterocycles. The minimum Gasteiger partial charge on any atom is -0.368 e. The quantitative estimate of drug-likeness (QED) is 0.314. The summed E-state index contributed by atoms with van der Waals surface area (Å²) in [6, 6.07) is 0.